The van der Waals surface area contributed by atoms with E-state index >= 15 is 0 Å². The highest BCUT2D eigenvalue weighted by molar-refractivity contribution is 7.15. The van der Waals surface area contributed by atoms with Crippen molar-refractivity contribution in [1.82, 2.24) is 10.3 Å². The van der Waals surface area contributed by atoms with E-state index in [0.717, 1.165) is 28.0 Å². The third-order valence-electron chi connectivity index (χ3n) is 2.47. The summed E-state index contributed by atoms with van der Waals surface area (Å²) in [4.78, 5) is 5.41. The molecule has 3 heterocycles. The van der Waals surface area contributed by atoms with E-state index in [1.165, 1.54) is 0 Å². The molecule has 0 unspecified atom stereocenters. The monoisotopic (exact) mass is 260 g/mol. The molecule has 0 aliphatic rings. The Balaban J connectivity index is 1.57. The molecule has 0 aliphatic heterocycles. The Kier molecular flexibility index (Phi) is 3.25. The predicted molar refractivity (Wildman–Crippen MR) is 69.1 cm³/mol. The second-order valence-corrected chi connectivity index (χ2v) is 4.89. The molecule has 0 saturated heterocycles. The normalized spacial score (nSPS) is 10.9. The number of thiazole rings is 1. The van der Waals surface area contributed by atoms with Gasteiger partial charge in [-0.05, 0) is 24.3 Å². The number of nitrogens with one attached hydrogen (secondary N) is 1. The first-order valence-electron chi connectivity index (χ1n) is 5.63. The van der Waals surface area contributed by atoms with Gasteiger partial charge in [0.2, 0.25) is 0 Å². The fourth-order valence-corrected chi connectivity index (χ4v) is 2.49. The Morgan fingerprint density at radius 2 is 2.00 bits per heavy atom. The minimum absolute atomic E-state index is 0.711. The van der Waals surface area contributed by atoms with Gasteiger partial charge in [-0.3, -0.25) is 0 Å². The van der Waals surface area contributed by atoms with Crippen molar-refractivity contribution < 1.29 is 8.83 Å². The zero-order valence-corrected chi connectivity index (χ0v) is 10.4. The minimum atomic E-state index is 0.711. The molecule has 0 fully saturated rings. The fourth-order valence-electron chi connectivity index (χ4n) is 1.63. The van der Waals surface area contributed by atoms with Gasteiger partial charge in [0.05, 0.1) is 23.9 Å². The first kappa shape index (κ1) is 11.3. The van der Waals surface area contributed by atoms with Crippen molar-refractivity contribution in [3.05, 3.63) is 53.8 Å². The molecule has 3 aromatic heterocycles. The van der Waals surface area contributed by atoms with Crippen LogP contribution in [0.25, 0.3) is 10.6 Å². The number of hydrogen-bond donors (Lipinski definition) is 1. The topological polar surface area (TPSA) is 51.2 Å². The average Bonchev–Trinajstić information content (AvgIpc) is 3.12. The van der Waals surface area contributed by atoms with Crippen molar-refractivity contribution in [3.63, 3.8) is 0 Å². The summed E-state index contributed by atoms with van der Waals surface area (Å²) >= 11 is 1.63. The first-order chi connectivity index (χ1) is 8.92. The second kappa shape index (κ2) is 5.20. The molecule has 18 heavy (non-hydrogen) atoms. The highest BCUT2D eigenvalue weighted by Crippen LogP contribution is 2.26. The maximum Gasteiger partial charge on any atom is 0.145 e. The van der Waals surface area contributed by atoms with Crippen LogP contribution in [-0.4, -0.2) is 4.98 Å². The van der Waals surface area contributed by atoms with Crippen LogP contribution >= 0.6 is 11.3 Å². The van der Waals surface area contributed by atoms with Crippen LogP contribution in [0.5, 0.6) is 0 Å². The van der Waals surface area contributed by atoms with Gasteiger partial charge in [-0.15, -0.1) is 11.3 Å². The molecule has 0 aliphatic carbocycles. The third-order valence-corrected chi connectivity index (χ3v) is 3.49. The molecule has 5 heteroatoms. The molecular formula is C13H12N2O2S. The lowest BCUT2D eigenvalue weighted by Crippen LogP contribution is -2.11. The van der Waals surface area contributed by atoms with E-state index < -0.39 is 0 Å². The maximum absolute atomic E-state index is 5.33. The van der Waals surface area contributed by atoms with Crippen molar-refractivity contribution in [2.24, 2.45) is 0 Å². The molecule has 0 spiro atoms. The molecule has 0 amide bonds. The van der Waals surface area contributed by atoms with Gasteiger partial charge in [-0.2, -0.15) is 0 Å². The van der Waals surface area contributed by atoms with Crippen LogP contribution in [0.1, 0.15) is 10.8 Å². The van der Waals surface area contributed by atoms with Crippen molar-refractivity contribution in [1.29, 1.82) is 0 Å². The van der Waals surface area contributed by atoms with Gasteiger partial charge in [-0.1, -0.05) is 0 Å². The zero-order chi connectivity index (χ0) is 12.2. The highest BCUT2D eigenvalue weighted by atomic mass is 32.1. The van der Waals surface area contributed by atoms with Crippen molar-refractivity contribution >= 4 is 11.3 Å². The average molecular weight is 260 g/mol. The summed E-state index contributed by atoms with van der Waals surface area (Å²) in [7, 11) is 0. The van der Waals surface area contributed by atoms with Crippen LogP contribution in [0.3, 0.4) is 0 Å². The van der Waals surface area contributed by atoms with Crippen molar-refractivity contribution in [3.8, 4) is 10.6 Å². The van der Waals surface area contributed by atoms with Crippen LogP contribution in [0.4, 0.5) is 0 Å². The van der Waals surface area contributed by atoms with Gasteiger partial charge in [0, 0.05) is 12.7 Å². The van der Waals surface area contributed by atoms with Gasteiger partial charge < -0.3 is 14.2 Å². The standard InChI is InChI=1S/C13H12N2O2S/c1-3-10(16-5-1)7-14-9-13-15-8-12(18-13)11-4-2-6-17-11/h1-6,8,14H,7,9H2. The largest absolute Gasteiger partial charge is 0.468 e. The van der Waals surface area contributed by atoms with Crippen LogP contribution in [-0.2, 0) is 13.1 Å². The number of aromatic nitrogens is 1. The number of nitrogens with zero attached hydrogens (tertiary/aromatic N) is 1. The van der Waals surface area contributed by atoms with Crippen LogP contribution in [0.2, 0.25) is 0 Å². The number of furan rings is 2. The molecule has 0 atom stereocenters. The Labute approximate surface area is 108 Å². The van der Waals surface area contributed by atoms with Gasteiger partial charge in [0.25, 0.3) is 0 Å². The Morgan fingerprint density at radius 1 is 1.11 bits per heavy atom. The van der Waals surface area contributed by atoms with E-state index in [-0.39, 0.29) is 0 Å². The Hall–Kier alpha value is -1.85. The SMILES string of the molecule is c1coc(CNCc2ncc(-c3ccco3)s2)c1. The van der Waals surface area contributed by atoms with Gasteiger partial charge in [-0.25, -0.2) is 4.98 Å². The van der Waals surface area contributed by atoms with Crippen LogP contribution in [0, 0.1) is 0 Å². The van der Waals surface area contributed by atoms with Crippen LogP contribution < -0.4 is 5.32 Å². The van der Waals surface area contributed by atoms with Crippen molar-refractivity contribution in [2.75, 3.05) is 0 Å². The molecule has 4 nitrogen and oxygen atoms in total. The zero-order valence-electron chi connectivity index (χ0n) is 9.63. The molecule has 0 saturated carbocycles. The van der Waals surface area contributed by atoms with E-state index in [1.807, 2.05) is 30.5 Å². The summed E-state index contributed by atoms with van der Waals surface area (Å²) in [5.74, 6) is 1.79. The van der Waals surface area contributed by atoms with Crippen LogP contribution in [0.15, 0.2) is 51.8 Å². The molecular weight excluding hydrogens is 248 g/mol. The summed E-state index contributed by atoms with van der Waals surface area (Å²) in [5, 5.41) is 4.32. The summed E-state index contributed by atoms with van der Waals surface area (Å²) < 4.78 is 10.6. The van der Waals surface area contributed by atoms with E-state index in [1.54, 1.807) is 23.9 Å². The molecule has 0 aromatic carbocycles. The maximum atomic E-state index is 5.33. The van der Waals surface area contributed by atoms with E-state index in [9.17, 15) is 0 Å². The van der Waals surface area contributed by atoms with E-state index in [4.69, 9.17) is 8.83 Å². The van der Waals surface area contributed by atoms with E-state index in [2.05, 4.69) is 10.3 Å². The summed E-state index contributed by atoms with van der Waals surface area (Å²) in [6.07, 6.45) is 5.19. The second-order valence-electron chi connectivity index (χ2n) is 3.78. The van der Waals surface area contributed by atoms with Gasteiger partial charge in [0.1, 0.15) is 16.5 Å². The van der Waals surface area contributed by atoms with E-state index in [0.29, 0.717) is 6.54 Å². The molecule has 1 N–H and O–H groups in total. The number of rotatable bonds is 5. The highest BCUT2D eigenvalue weighted by Gasteiger charge is 2.06. The molecule has 0 radical (unpaired) electrons. The van der Waals surface area contributed by atoms with Gasteiger partial charge in [0.15, 0.2) is 0 Å². The lowest BCUT2D eigenvalue weighted by molar-refractivity contribution is 0.483. The molecule has 92 valence electrons. The summed E-state index contributed by atoms with van der Waals surface area (Å²) in [6.45, 7) is 1.44. The fraction of sp³-hybridized carbons (Fsp3) is 0.154. The summed E-state index contributed by atoms with van der Waals surface area (Å²) in [5.41, 5.74) is 0. The molecule has 3 rings (SSSR count). The third kappa shape index (κ3) is 2.52. The first-order valence-corrected chi connectivity index (χ1v) is 6.45. The molecule has 0 bridgehead atoms. The summed E-state index contributed by atoms with van der Waals surface area (Å²) in [6, 6.07) is 7.65. The number of hydrogen-bond acceptors (Lipinski definition) is 5. The minimum Gasteiger partial charge on any atom is -0.468 e. The predicted octanol–water partition coefficient (Wildman–Crippen LogP) is 3.29. The lowest BCUT2D eigenvalue weighted by atomic mass is 10.4. The smallest absolute Gasteiger partial charge is 0.145 e. The molecule has 3 aromatic rings. The Bertz CT molecular complexity index is 584. The quantitative estimate of drug-likeness (QED) is 0.764. The van der Waals surface area contributed by atoms with Gasteiger partial charge >= 0.3 is 0 Å². The van der Waals surface area contributed by atoms with Crippen molar-refractivity contribution in [2.45, 2.75) is 13.1 Å². The lowest BCUT2D eigenvalue weighted by Gasteiger charge is -1.98. The Morgan fingerprint density at radius 3 is 2.78 bits per heavy atom.